The van der Waals surface area contributed by atoms with Gasteiger partial charge in [0.05, 0.1) is 31.3 Å². The van der Waals surface area contributed by atoms with E-state index in [-0.39, 0.29) is 37.3 Å². The van der Waals surface area contributed by atoms with Crippen molar-refractivity contribution in [2.75, 3.05) is 26.2 Å². The number of carbonyl (C=O) groups excluding carboxylic acids is 1. The van der Waals surface area contributed by atoms with Gasteiger partial charge in [-0.2, -0.15) is 0 Å². The number of urea groups is 1. The zero-order valence-electron chi connectivity index (χ0n) is 12.2. The molecule has 0 aliphatic carbocycles. The highest BCUT2D eigenvalue weighted by atomic mass is 16.5. The van der Waals surface area contributed by atoms with Gasteiger partial charge in [-0.1, -0.05) is 13.8 Å². The summed E-state index contributed by atoms with van der Waals surface area (Å²) in [6, 6.07) is -0.314. The normalized spacial score (nSPS) is 24.6. The van der Waals surface area contributed by atoms with Crippen LogP contribution in [-0.2, 0) is 9.53 Å². The number of rotatable bonds is 5. The van der Waals surface area contributed by atoms with E-state index in [9.17, 15) is 9.59 Å². The fraction of sp³-hybridized carbons (Fsp3) is 0.846. The molecule has 1 aliphatic rings. The Morgan fingerprint density at radius 1 is 1.40 bits per heavy atom. The number of nitrogens with zero attached hydrogens (tertiary/aromatic N) is 1. The van der Waals surface area contributed by atoms with E-state index in [1.165, 1.54) is 0 Å². The van der Waals surface area contributed by atoms with Gasteiger partial charge >= 0.3 is 12.0 Å². The lowest BCUT2D eigenvalue weighted by Gasteiger charge is -2.36. The van der Waals surface area contributed by atoms with Crippen molar-refractivity contribution >= 4 is 12.0 Å². The van der Waals surface area contributed by atoms with Crippen LogP contribution in [0, 0.1) is 11.8 Å². The quantitative estimate of drug-likeness (QED) is 0.668. The second-order valence-corrected chi connectivity index (χ2v) is 5.53. The molecule has 0 aromatic heterocycles. The summed E-state index contributed by atoms with van der Waals surface area (Å²) >= 11 is 0. The highest BCUT2D eigenvalue weighted by Gasteiger charge is 2.29. The molecule has 3 atom stereocenters. The van der Waals surface area contributed by atoms with E-state index in [1.54, 1.807) is 4.90 Å². The van der Waals surface area contributed by atoms with E-state index in [0.29, 0.717) is 13.1 Å². The fourth-order valence-corrected chi connectivity index (χ4v) is 2.23. The van der Waals surface area contributed by atoms with Gasteiger partial charge in [-0.05, 0) is 12.8 Å². The van der Waals surface area contributed by atoms with Gasteiger partial charge in [0.1, 0.15) is 0 Å². The van der Waals surface area contributed by atoms with Crippen LogP contribution in [0.5, 0.6) is 0 Å². The van der Waals surface area contributed by atoms with Gasteiger partial charge in [0, 0.05) is 13.1 Å². The molecule has 3 N–H and O–H groups in total. The van der Waals surface area contributed by atoms with Gasteiger partial charge in [0.2, 0.25) is 0 Å². The molecule has 0 aromatic rings. The number of carboxylic acid groups (broad SMARTS) is 1. The minimum atomic E-state index is -0.913. The van der Waals surface area contributed by atoms with Gasteiger partial charge in [0.25, 0.3) is 0 Å². The number of nitrogens with one attached hydrogen (secondary N) is 1. The number of aliphatic hydroxyl groups excluding tert-OH is 1. The van der Waals surface area contributed by atoms with Gasteiger partial charge in [-0.15, -0.1) is 0 Å². The third-order valence-corrected chi connectivity index (χ3v) is 3.41. The highest BCUT2D eigenvalue weighted by molar-refractivity contribution is 5.76. The second kappa shape index (κ2) is 7.44. The number of carbonyl (C=O) groups is 2. The first-order chi connectivity index (χ1) is 9.35. The fourth-order valence-electron chi connectivity index (χ4n) is 2.23. The average Bonchev–Trinajstić information content (AvgIpc) is 2.37. The molecule has 1 fully saturated rings. The molecule has 1 rings (SSSR count). The summed E-state index contributed by atoms with van der Waals surface area (Å²) < 4.78 is 5.45. The van der Waals surface area contributed by atoms with E-state index in [0.717, 1.165) is 0 Å². The number of morpholine rings is 1. The van der Waals surface area contributed by atoms with E-state index in [2.05, 4.69) is 5.32 Å². The van der Waals surface area contributed by atoms with Crippen molar-refractivity contribution in [3.05, 3.63) is 0 Å². The summed E-state index contributed by atoms with van der Waals surface area (Å²) in [4.78, 5) is 24.7. The number of carboxylic acids is 1. The second-order valence-electron chi connectivity index (χ2n) is 5.53. The van der Waals surface area contributed by atoms with Gasteiger partial charge < -0.3 is 25.2 Å². The first kappa shape index (κ1) is 16.7. The first-order valence-corrected chi connectivity index (χ1v) is 6.87. The van der Waals surface area contributed by atoms with Crippen LogP contribution in [0.15, 0.2) is 0 Å². The molecule has 2 amide bonds. The van der Waals surface area contributed by atoms with Gasteiger partial charge in [-0.3, -0.25) is 4.79 Å². The third kappa shape index (κ3) is 4.64. The van der Waals surface area contributed by atoms with Crippen molar-refractivity contribution in [1.82, 2.24) is 10.2 Å². The summed E-state index contributed by atoms with van der Waals surface area (Å²) in [5.74, 6) is -1.57. The average molecular weight is 288 g/mol. The molecule has 0 bridgehead atoms. The Balaban J connectivity index is 2.51. The predicted molar refractivity (Wildman–Crippen MR) is 72.4 cm³/mol. The third-order valence-electron chi connectivity index (χ3n) is 3.41. The molecule has 1 saturated heterocycles. The van der Waals surface area contributed by atoms with Crippen molar-refractivity contribution in [3.63, 3.8) is 0 Å². The molecule has 7 heteroatoms. The smallest absolute Gasteiger partial charge is 0.317 e. The monoisotopic (exact) mass is 288 g/mol. The van der Waals surface area contributed by atoms with E-state index in [1.807, 2.05) is 20.8 Å². The maximum absolute atomic E-state index is 12.0. The molecule has 0 aromatic carbocycles. The zero-order chi connectivity index (χ0) is 15.3. The lowest BCUT2D eigenvalue weighted by Crippen LogP contribution is -2.54. The Kier molecular flexibility index (Phi) is 6.22. The lowest BCUT2D eigenvalue weighted by atomic mass is 9.96. The first-order valence-electron chi connectivity index (χ1n) is 6.87. The van der Waals surface area contributed by atoms with Crippen LogP contribution in [0.3, 0.4) is 0 Å². The van der Waals surface area contributed by atoms with Crippen molar-refractivity contribution < 1.29 is 24.5 Å². The Morgan fingerprint density at radius 2 is 2.05 bits per heavy atom. The van der Waals surface area contributed by atoms with Crippen LogP contribution in [0.2, 0.25) is 0 Å². The molecule has 20 heavy (non-hydrogen) atoms. The highest BCUT2D eigenvalue weighted by Crippen LogP contribution is 2.12. The molecule has 7 nitrogen and oxygen atoms in total. The summed E-state index contributed by atoms with van der Waals surface area (Å²) in [5, 5.41) is 20.8. The van der Waals surface area contributed by atoms with E-state index in [4.69, 9.17) is 14.9 Å². The molecule has 0 spiro atoms. The van der Waals surface area contributed by atoms with Crippen molar-refractivity contribution in [2.24, 2.45) is 11.8 Å². The number of hydrogen-bond acceptors (Lipinski definition) is 4. The Hall–Kier alpha value is -1.34. The van der Waals surface area contributed by atoms with Crippen LogP contribution >= 0.6 is 0 Å². The maximum Gasteiger partial charge on any atom is 0.317 e. The summed E-state index contributed by atoms with van der Waals surface area (Å²) in [6.45, 7) is 6.15. The van der Waals surface area contributed by atoms with Crippen LogP contribution in [0.25, 0.3) is 0 Å². The summed E-state index contributed by atoms with van der Waals surface area (Å²) in [5.41, 5.74) is 0. The number of aliphatic carboxylic acids is 1. The molecule has 116 valence electrons. The molecule has 0 saturated carbocycles. The lowest BCUT2D eigenvalue weighted by molar-refractivity contribution is -0.143. The topological polar surface area (TPSA) is 99.1 Å². The maximum atomic E-state index is 12.0. The van der Waals surface area contributed by atoms with Crippen LogP contribution in [0.1, 0.15) is 20.8 Å². The number of ether oxygens (including phenoxy) is 1. The molecule has 0 radical (unpaired) electrons. The molecule has 1 aliphatic heterocycles. The zero-order valence-corrected chi connectivity index (χ0v) is 12.2. The minimum absolute atomic E-state index is 0.0541. The number of hydrogen-bond donors (Lipinski definition) is 3. The standard InChI is InChI=1S/C13H24N2O5/c1-8(2)11(12(17)18)4-14-13(19)15-5-9(3)20-10(6-15)7-16/h8-11,16H,4-7H2,1-3H3,(H,14,19)(H,17,18). The summed E-state index contributed by atoms with van der Waals surface area (Å²) in [6.07, 6.45) is -0.531. The largest absolute Gasteiger partial charge is 0.481 e. The van der Waals surface area contributed by atoms with E-state index >= 15 is 0 Å². The van der Waals surface area contributed by atoms with E-state index < -0.39 is 11.9 Å². The van der Waals surface area contributed by atoms with Gasteiger partial charge in [-0.25, -0.2) is 4.79 Å². The Morgan fingerprint density at radius 3 is 2.55 bits per heavy atom. The molecule has 1 heterocycles. The summed E-state index contributed by atoms with van der Waals surface area (Å²) in [7, 11) is 0. The predicted octanol–water partition coefficient (Wildman–Crippen LogP) is 0.134. The van der Waals surface area contributed by atoms with Crippen LogP contribution < -0.4 is 5.32 Å². The minimum Gasteiger partial charge on any atom is -0.481 e. The Labute approximate surface area is 118 Å². The number of amides is 2. The van der Waals surface area contributed by atoms with Crippen LogP contribution in [-0.4, -0.2) is 65.6 Å². The van der Waals surface area contributed by atoms with Gasteiger partial charge in [0.15, 0.2) is 0 Å². The molecular formula is C13H24N2O5. The Bertz CT molecular complexity index is 348. The molecule has 3 unspecified atom stereocenters. The van der Waals surface area contributed by atoms with Crippen molar-refractivity contribution in [1.29, 1.82) is 0 Å². The molecular weight excluding hydrogens is 264 g/mol. The van der Waals surface area contributed by atoms with Crippen LogP contribution in [0.4, 0.5) is 4.79 Å². The number of aliphatic hydroxyl groups is 1. The van der Waals surface area contributed by atoms with Crippen molar-refractivity contribution in [3.8, 4) is 0 Å². The SMILES string of the molecule is CC1CN(C(=O)NCC(C(=O)O)C(C)C)CC(CO)O1. The van der Waals surface area contributed by atoms with Crippen molar-refractivity contribution in [2.45, 2.75) is 33.0 Å².